The van der Waals surface area contributed by atoms with E-state index in [1.165, 1.54) is 32.1 Å². The summed E-state index contributed by atoms with van der Waals surface area (Å²) in [6.45, 7) is 2.14. The van der Waals surface area contributed by atoms with Gasteiger partial charge in [-0.05, 0) is 18.8 Å². The second-order valence-electron chi connectivity index (χ2n) is 4.53. The van der Waals surface area contributed by atoms with E-state index in [9.17, 15) is 4.79 Å². The van der Waals surface area contributed by atoms with Crippen LogP contribution in [0.1, 0.15) is 45.4 Å². The molecule has 2 nitrogen and oxygen atoms in total. The minimum Gasteiger partial charge on any atom is -0.462 e. The fourth-order valence-electron chi connectivity index (χ4n) is 2.72. The summed E-state index contributed by atoms with van der Waals surface area (Å²) >= 11 is 0. The second kappa shape index (κ2) is 3.69. The minimum atomic E-state index is 0.0167. The predicted molar refractivity (Wildman–Crippen MR) is 50.2 cm³/mol. The number of carbonyl (C=O) groups is 1. The van der Waals surface area contributed by atoms with Crippen molar-refractivity contribution in [1.82, 2.24) is 0 Å². The molecule has 2 heteroatoms. The summed E-state index contributed by atoms with van der Waals surface area (Å²) < 4.78 is 5.37. The van der Waals surface area contributed by atoms with Crippen molar-refractivity contribution in [2.24, 2.45) is 11.8 Å². The monoisotopic (exact) mass is 182 g/mol. The molecule has 1 saturated carbocycles. The lowest BCUT2D eigenvalue weighted by molar-refractivity contribution is -0.143. The van der Waals surface area contributed by atoms with Crippen LogP contribution >= 0.6 is 0 Å². The van der Waals surface area contributed by atoms with Crippen LogP contribution in [0.5, 0.6) is 0 Å². The summed E-state index contributed by atoms with van der Waals surface area (Å²) in [7, 11) is 0. The highest BCUT2D eigenvalue weighted by Crippen LogP contribution is 2.35. The van der Waals surface area contributed by atoms with Crippen LogP contribution in [0.25, 0.3) is 0 Å². The standard InChI is InChI=1S/C11H18O2/c1-8-7-10(12)13-11(8)9-5-3-2-4-6-9/h8-9,11H,2-7H2,1H3/t8-,11-/m1/s1. The first-order valence-electron chi connectivity index (χ1n) is 5.47. The highest BCUT2D eigenvalue weighted by Gasteiger charge is 2.37. The Kier molecular flexibility index (Phi) is 2.56. The molecule has 2 aliphatic rings. The molecule has 0 amide bonds. The van der Waals surface area contributed by atoms with E-state index >= 15 is 0 Å². The summed E-state index contributed by atoms with van der Waals surface area (Å²) in [6, 6.07) is 0. The van der Waals surface area contributed by atoms with Crippen LogP contribution in [0, 0.1) is 11.8 Å². The van der Waals surface area contributed by atoms with Crippen LogP contribution in [0.15, 0.2) is 0 Å². The molecule has 13 heavy (non-hydrogen) atoms. The molecule has 1 aliphatic heterocycles. The lowest BCUT2D eigenvalue weighted by atomic mass is 9.81. The molecule has 0 aromatic heterocycles. The number of esters is 1. The van der Waals surface area contributed by atoms with E-state index in [1.807, 2.05) is 0 Å². The van der Waals surface area contributed by atoms with Gasteiger partial charge in [0, 0.05) is 5.92 Å². The first kappa shape index (κ1) is 9.04. The maximum Gasteiger partial charge on any atom is 0.306 e. The zero-order valence-corrected chi connectivity index (χ0v) is 8.29. The van der Waals surface area contributed by atoms with Gasteiger partial charge in [-0.3, -0.25) is 4.79 Å². The third kappa shape index (κ3) is 1.87. The quantitative estimate of drug-likeness (QED) is 0.582. The third-order valence-electron chi connectivity index (χ3n) is 3.43. The zero-order valence-electron chi connectivity index (χ0n) is 8.29. The van der Waals surface area contributed by atoms with Gasteiger partial charge in [0.15, 0.2) is 0 Å². The Bertz CT molecular complexity index is 194. The molecule has 0 aromatic carbocycles. The fraction of sp³-hybridized carbons (Fsp3) is 0.909. The molecule has 2 fully saturated rings. The molecule has 0 spiro atoms. The summed E-state index contributed by atoms with van der Waals surface area (Å²) in [4.78, 5) is 11.1. The van der Waals surface area contributed by atoms with E-state index in [1.54, 1.807) is 0 Å². The van der Waals surface area contributed by atoms with Crippen LogP contribution in [0.4, 0.5) is 0 Å². The Morgan fingerprint density at radius 2 is 1.92 bits per heavy atom. The van der Waals surface area contributed by atoms with E-state index in [0.29, 0.717) is 18.3 Å². The Hall–Kier alpha value is -0.530. The molecule has 2 atom stereocenters. The highest BCUT2D eigenvalue weighted by atomic mass is 16.6. The summed E-state index contributed by atoms with van der Waals surface area (Å²) in [5, 5.41) is 0. The van der Waals surface area contributed by atoms with E-state index in [4.69, 9.17) is 4.74 Å². The van der Waals surface area contributed by atoms with E-state index in [0.717, 1.165) is 0 Å². The number of hydrogen-bond acceptors (Lipinski definition) is 2. The van der Waals surface area contributed by atoms with Crippen LogP contribution < -0.4 is 0 Å². The Morgan fingerprint density at radius 1 is 1.23 bits per heavy atom. The van der Waals surface area contributed by atoms with Crippen molar-refractivity contribution in [1.29, 1.82) is 0 Å². The van der Waals surface area contributed by atoms with Crippen molar-refractivity contribution in [3.8, 4) is 0 Å². The molecule has 1 heterocycles. The lowest BCUT2D eigenvalue weighted by Gasteiger charge is -2.28. The van der Waals surface area contributed by atoms with E-state index in [2.05, 4.69) is 6.92 Å². The lowest BCUT2D eigenvalue weighted by Crippen LogP contribution is -2.27. The van der Waals surface area contributed by atoms with Crippen LogP contribution in [0.3, 0.4) is 0 Å². The molecular formula is C11H18O2. The summed E-state index contributed by atoms with van der Waals surface area (Å²) in [5.41, 5.74) is 0. The topological polar surface area (TPSA) is 26.3 Å². The summed E-state index contributed by atoms with van der Waals surface area (Å²) in [5.74, 6) is 1.13. The van der Waals surface area contributed by atoms with Gasteiger partial charge in [0.2, 0.25) is 0 Å². The predicted octanol–water partition coefficient (Wildman–Crippen LogP) is 2.52. The number of rotatable bonds is 1. The van der Waals surface area contributed by atoms with Crippen LogP contribution in [-0.4, -0.2) is 12.1 Å². The average Bonchev–Trinajstić information content (AvgIpc) is 2.47. The van der Waals surface area contributed by atoms with Gasteiger partial charge in [-0.2, -0.15) is 0 Å². The average molecular weight is 182 g/mol. The van der Waals surface area contributed by atoms with Crippen molar-refractivity contribution >= 4 is 5.97 Å². The molecule has 2 rings (SSSR count). The molecule has 0 N–H and O–H groups in total. The fourth-order valence-corrected chi connectivity index (χ4v) is 2.72. The Labute approximate surface area is 79.7 Å². The first-order chi connectivity index (χ1) is 6.27. The largest absolute Gasteiger partial charge is 0.462 e. The van der Waals surface area contributed by atoms with Crippen LogP contribution in [0.2, 0.25) is 0 Å². The number of cyclic esters (lactones) is 1. The van der Waals surface area contributed by atoms with Gasteiger partial charge in [-0.25, -0.2) is 0 Å². The molecule has 0 radical (unpaired) electrons. The zero-order chi connectivity index (χ0) is 9.26. The maximum absolute atomic E-state index is 11.1. The number of carbonyl (C=O) groups excluding carboxylic acids is 1. The van der Waals surface area contributed by atoms with Crippen LogP contribution in [-0.2, 0) is 9.53 Å². The Balaban J connectivity index is 1.95. The minimum absolute atomic E-state index is 0.0167. The van der Waals surface area contributed by atoms with Gasteiger partial charge in [0.1, 0.15) is 6.10 Å². The smallest absolute Gasteiger partial charge is 0.306 e. The maximum atomic E-state index is 11.1. The van der Waals surface area contributed by atoms with Crippen molar-refractivity contribution in [3.05, 3.63) is 0 Å². The van der Waals surface area contributed by atoms with Gasteiger partial charge in [-0.1, -0.05) is 26.2 Å². The second-order valence-corrected chi connectivity index (χ2v) is 4.53. The Morgan fingerprint density at radius 3 is 2.46 bits per heavy atom. The van der Waals surface area contributed by atoms with Gasteiger partial charge >= 0.3 is 5.97 Å². The van der Waals surface area contributed by atoms with Crippen molar-refractivity contribution < 1.29 is 9.53 Å². The number of hydrogen-bond donors (Lipinski definition) is 0. The van der Waals surface area contributed by atoms with Gasteiger partial charge < -0.3 is 4.74 Å². The van der Waals surface area contributed by atoms with Gasteiger partial charge in [0.25, 0.3) is 0 Å². The summed E-state index contributed by atoms with van der Waals surface area (Å²) in [6.07, 6.45) is 7.43. The normalized spacial score (nSPS) is 36.2. The third-order valence-corrected chi connectivity index (χ3v) is 3.43. The van der Waals surface area contributed by atoms with E-state index < -0.39 is 0 Å². The molecule has 0 aromatic rings. The molecular weight excluding hydrogens is 164 g/mol. The molecule has 1 saturated heterocycles. The first-order valence-corrected chi connectivity index (χ1v) is 5.47. The molecule has 74 valence electrons. The molecule has 1 aliphatic carbocycles. The number of ether oxygens (including phenoxy) is 1. The van der Waals surface area contributed by atoms with E-state index in [-0.39, 0.29) is 12.1 Å². The molecule has 0 unspecified atom stereocenters. The SMILES string of the molecule is C[C@@H]1CC(=O)O[C@H]1C1CCCCC1. The molecule has 0 bridgehead atoms. The van der Waals surface area contributed by atoms with Gasteiger partial charge in [0.05, 0.1) is 6.42 Å². The van der Waals surface area contributed by atoms with Crippen molar-refractivity contribution in [3.63, 3.8) is 0 Å². The van der Waals surface area contributed by atoms with Gasteiger partial charge in [-0.15, -0.1) is 0 Å². The highest BCUT2D eigenvalue weighted by molar-refractivity contribution is 5.72. The van der Waals surface area contributed by atoms with Crippen molar-refractivity contribution in [2.75, 3.05) is 0 Å². The van der Waals surface area contributed by atoms with Crippen molar-refractivity contribution in [2.45, 2.75) is 51.6 Å².